The molecule has 7 nitrogen and oxygen atoms in total. The molecule has 0 N–H and O–H groups in total. The van der Waals surface area contributed by atoms with Crippen LogP contribution in [0.5, 0.6) is 11.5 Å². The molecule has 2 aromatic carbocycles. The molecule has 0 atom stereocenters. The number of benzene rings is 2. The largest absolute Gasteiger partial charge is 0.443 e. The van der Waals surface area contributed by atoms with Gasteiger partial charge in [0.05, 0.1) is 9.85 Å². The molecular formula is C12H6Cl2N2O5. The molecule has 108 valence electrons. The predicted octanol–water partition coefficient (Wildman–Crippen LogP) is 4.60. The van der Waals surface area contributed by atoms with Crippen LogP contribution in [-0.4, -0.2) is 9.85 Å². The van der Waals surface area contributed by atoms with E-state index in [2.05, 4.69) is 0 Å². The molecule has 0 saturated carbocycles. The fourth-order valence-corrected chi connectivity index (χ4v) is 1.89. The Bertz CT molecular complexity index is 674. The zero-order valence-corrected chi connectivity index (χ0v) is 11.7. The van der Waals surface area contributed by atoms with Gasteiger partial charge in [-0.1, -0.05) is 23.2 Å². The summed E-state index contributed by atoms with van der Waals surface area (Å²) in [5, 5.41) is 22.2. The van der Waals surface area contributed by atoms with E-state index in [1.165, 1.54) is 24.3 Å². The van der Waals surface area contributed by atoms with Gasteiger partial charge in [0.15, 0.2) is 0 Å². The molecule has 0 spiro atoms. The first kappa shape index (κ1) is 15.0. The van der Waals surface area contributed by atoms with Gasteiger partial charge in [0.25, 0.3) is 0 Å². The summed E-state index contributed by atoms with van der Waals surface area (Å²) in [6, 6.07) is 7.48. The number of halogens is 2. The van der Waals surface area contributed by atoms with Gasteiger partial charge in [0.2, 0.25) is 11.5 Å². The van der Waals surface area contributed by atoms with Gasteiger partial charge in [-0.05, 0) is 24.3 Å². The topological polar surface area (TPSA) is 95.5 Å². The Morgan fingerprint density at radius 3 is 1.52 bits per heavy atom. The second-order valence-corrected chi connectivity index (χ2v) is 4.71. The lowest BCUT2D eigenvalue weighted by Crippen LogP contribution is -1.96. The number of hydrogen-bond donors (Lipinski definition) is 0. The third kappa shape index (κ3) is 3.39. The summed E-state index contributed by atoms with van der Waals surface area (Å²) in [5.41, 5.74) is -0.793. The smallest absolute Gasteiger partial charge is 0.313 e. The maximum atomic E-state index is 10.9. The monoisotopic (exact) mass is 328 g/mol. The normalized spacial score (nSPS) is 10.2. The Morgan fingerprint density at radius 2 is 1.19 bits per heavy atom. The van der Waals surface area contributed by atoms with Crippen molar-refractivity contribution < 1.29 is 14.6 Å². The molecule has 0 saturated heterocycles. The number of nitro groups is 2. The maximum absolute atomic E-state index is 10.9. The summed E-state index contributed by atoms with van der Waals surface area (Å²) < 4.78 is 5.27. The van der Waals surface area contributed by atoms with E-state index < -0.39 is 21.2 Å². The highest BCUT2D eigenvalue weighted by Gasteiger charge is 2.21. The van der Waals surface area contributed by atoms with E-state index in [1.807, 2.05) is 0 Å². The van der Waals surface area contributed by atoms with E-state index in [-0.39, 0.29) is 21.5 Å². The van der Waals surface area contributed by atoms with Crippen molar-refractivity contribution in [3.8, 4) is 11.5 Å². The second-order valence-electron chi connectivity index (χ2n) is 3.84. The molecule has 0 bridgehead atoms. The van der Waals surface area contributed by atoms with E-state index >= 15 is 0 Å². The van der Waals surface area contributed by atoms with Crippen molar-refractivity contribution in [3.63, 3.8) is 0 Å². The lowest BCUT2D eigenvalue weighted by atomic mass is 10.2. The molecule has 0 radical (unpaired) electrons. The predicted molar refractivity (Wildman–Crippen MR) is 76.3 cm³/mol. The van der Waals surface area contributed by atoms with Gasteiger partial charge in [-0.25, -0.2) is 0 Å². The van der Waals surface area contributed by atoms with Crippen LogP contribution in [-0.2, 0) is 0 Å². The van der Waals surface area contributed by atoms with Crippen molar-refractivity contribution in [2.75, 3.05) is 0 Å². The third-order valence-corrected chi connectivity index (χ3v) is 2.93. The van der Waals surface area contributed by atoms with Crippen LogP contribution >= 0.6 is 23.2 Å². The van der Waals surface area contributed by atoms with Gasteiger partial charge in [-0.3, -0.25) is 20.2 Å². The van der Waals surface area contributed by atoms with Crippen LogP contribution in [0.25, 0.3) is 0 Å². The summed E-state index contributed by atoms with van der Waals surface area (Å²) in [7, 11) is 0. The molecule has 0 aliphatic rings. The molecule has 0 aliphatic carbocycles. The van der Waals surface area contributed by atoms with Crippen LogP contribution in [0.4, 0.5) is 11.4 Å². The third-order valence-electron chi connectivity index (χ3n) is 2.46. The van der Waals surface area contributed by atoms with Gasteiger partial charge >= 0.3 is 11.4 Å². The number of ether oxygens (including phenoxy) is 1. The first-order chi connectivity index (χ1) is 9.88. The van der Waals surface area contributed by atoms with Crippen molar-refractivity contribution in [1.29, 1.82) is 0 Å². The summed E-state index contributed by atoms with van der Waals surface area (Å²) in [6.45, 7) is 0. The highest BCUT2D eigenvalue weighted by molar-refractivity contribution is 6.31. The molecule has 9 heteroatoms. The average molecular weight is 329 g/mol. The fraction of sp³-hybridized carbons (Fsp3) is 0. The molecule has 0 heterocycles. The lowest BCUT2D eigenvalue weighted by molar-refractivity contribution is -0.387. The first-order valence-corrected chi connectivity index (χ1v) is 6.20. The minimum absolute atomic E-state index is 0.152. The van der Waals surface area contributed by atoms with Gasteiger partial charge in [-0.2, -0.15) is 0 Å². The maximum Gasteiger partial charge on any atom is 0.313 e. The minimum Gasteiger partial charge on any atom is -0.443 e. The Hall–Kier alpha value is -2.38. The second kappa shape index (κ2) is 5.94. The van der Waals surface area contributed by atoms with Crippen LogP contribution in [0.3, 0.4) is 0 Å². The van der Waals surface area contributed by atoms with Crippen LogP contribution in [0.15, 0.2) is 36.4 Å². The summed E-state index contributed by atoms with van der Waals surface area (Å²) in [4.78, 5) is 20.5. The summed E-state index contributed by atoms with van der Waals surface area (Å²) >= 11 is 11.4. The van der Waals surface area contributed by atoms with Crippen LogP contribution in [0, 0.1) is 20.2 Å². The van der Waals surface area contributed by atoms with Crippen molar-refractivity contribution in [2.24, 2.45) is 0 Å². The highest BCUT2D eigenvalue weighted by Crippen LogP contribution is 2.38. The first-order valence-electron chi connectivity index (χ1n) is 5.44. The number of nitro benzene ring substituents is 2. The SMILES string of the molecule is O=[N+]([O-])c1cc(Cl)ccc1Oc1ccc(Cl)cc1[N+](=O)[O-]. The molecule has 0 unspecified atom stereocenters. The summed E-state index contributed by atoms with van der Waals surface area (Å²) in [6.07, 6.45) is 0. The quantitative estimate of drug-likeness (QED) is 0.603. The Balaban J connectivity index is 2.48. The van der Waals surface area contributed by atoms with E-state index in [0.717, 1.165) is 12.1 Å². The molecular weight excluding hydrogens is 323 g/mol. The van der Waals surface area contributed by atoms with Crippen molar-refractivity contribution in [3.05, 3.63) is 66.7 Å². The Labute approximate surface area is 128 Å². The average Bonchev–Trinajstić information content (AvgIpc) is 2.42. The highest BCUT2D eigenvalue weighted by atomic mass is 35.5. The molecule has 2 aromatic rings. The van der Waals surface area contributed by atoms with Crippen LogP contribution in [0.2, 0.25) is 10.0 Å². The van der Waals surface area contributed by atoms with E-state index in [1.54, 1.807) is 0 Å². The van der Waals surface area contributed by atoms with Gasteiger partial charge in [-0.15, -0.1) is 0 Å². The zero-order chi connectivity index (χ0) is 15.6. The van der Waals surface area contributed by atoms with E-state index in [0.29, 0.717) is 0 Å². The molecule has 0 aromatic heterocycles. The zero-order valence-electron chi connectivity index (χ0n) is 10.2. The van der Waals surface area contributed by atoms with Gasteiger partial charge in [0, 0.05) is 22.2 Å². The minimum atomic E-state index is -0.692. The van der Waals surface area contributed by atoms with Gasteiger partial charge in [0.1, 0.15) is 0 Å². The van der Waals surface area contributed by atoms with Crippen molar-refractivity contribution in [1.82, 2.24) is 0 Å². The molecule has 2 rings (SSSR count). The molecule has 0 aliphatic heterocycles. The van der Waals surface area contributed by atoms with E-state index in [4.69, 9.17) is 27.9 Å². The molecule has 0 amide bonds. The summed E-state index contributed by atoms with van der Waals surface area (Å²) in [5.74, 6) is -0.315. The standard InChI is InChI=1S/C12H6Cl2N2O5/c13-7-1-3-11(9(5-7)15(17)18)21-12-4-2-8(14)6-10(12)16(19)20/h1-6H. The van der Waals surface area contributed by atoms with E-state index in [9.17, 15) is 20.2 Å². The van der Waals surface area contributed by atoms with Crippen molar-refractivity contribution in [2.45, 2.75) is 0 Å². The van der Waals surface area contributed by atoms with Crippen molar-refractivity contribution >= 4 is 34.6 Å². The van der Waals surface area contributed by atoms with Gasteiger partial charge < -0.3 is 4.74 Å². The lowest BCUT2D eigenvalue weighted by Gasteiger charge is -2.07. The fourth-order valence-electron chi connectivity index (χ4n) is 1.56. The Morgan fingerprint density at radius 1 is 0.810 bits per heavy atom. The Kier molecular flexibility index (Phi) is 4.25. The van der Waals surface area contributed by atoms with Crippen LogP contribution < -0.4 is 4.74 Å². The molecule has 21 heavy (non-hydrogen) atoms. The number of rotatable bonds is 4. The number of hydrogen-bond acceptors (Lipinski definition) is 5. The number of nitrogens with zero attached hydrogens (tertiary/aromatic N) is 2. The molecule has 0 fully saturated rings. The van der Waals surface area contributed by atoms with Crippen LogP contribution in [0.1, 0.15) is 0 Å².